The van der Waals surface area contributed by atoms with E-state index in [0.717, 1.165) is 50.2 Å². The summed E-state index contributed by atoms with van der Waals surface area (Å²) in [5, 5.41) is 0. The number of fused-ring (bicyclic) bond motifs is 1. The summed E-state index contributed by atoms with van der Waals surface area (Å²) in [5.41, 5.74) is 10.8. The Morgan fingerprint density at radius 1 is 1.04 bits per heavy atom. The Morgan fingerprint density at radius 2 is 1.79 bits per heavy atom. The minimum Gasteiger partial charge on any atom is -0.496 e. The first-order valence-corrected chi connectivity index (χ1v) is 8.50. The van der Waals surface area contributed by atoms with Gasteiger partial charge in [-0.2, -0.15) is 0 Å². The van der Waals surface area contributed by atoms with E-state index in [9.17, 15) is 0 Å². The van der Waals surface area contributed by atoms with Crippen LogP contribution in [0.15, 0.2) is 36.4 Å². The van der Waals surface area contributed by atoms with Gasteiger partial charge in [0.1, 0.15) is 11.5 Å². The van der Waals surface area contributed by atoms with Gasteiger partial charge in [0.25, 0.3) is 0 Å². The van der Waals surface area contributed by atoms with Crippen LogP contribution in [0.1, 0.15) is 23.1 Å². The summed E-state index contributed by atoms with van der Waals surface area (Å²) in [7, 11) is 3.31. The summed E-state index contributed by atoms with van der Waals surface area (Å²) in [5.74, 6) is 1.52. The highest BCUT2D eigenvalue weighted by molar-refractivity contribution is 5.59. The fraction of sp³-hybridized carbons (Fsp3) is 0.400. The van der Waals surface area contributed by atoms with Crippen LogP contribution in [0.3, 0.4) is 0 Å². The van der Waals surface area contributed by atoms with E-state index in [1.54, 1.807) is 14.2 Å². The number of hydrogen-bond donors (Lipinski definition) is 1. The lowest BCUT2D eigenvalue weighted by Crippen LogP contribution is -2.31. The lowest BCUT2D eigenvalue weighted by atomic mass is 9.99. The Labute approximate surface area is 144 Å². The SMILES string of the molecule is COc1cc(OC)c(CCCN2CCc3ccccc3C2)cc1N. The van der Waals surface area contributed by atoms with Crippen molar-refractivity contribution >= 4 is 5.69 Å². The lowest BCUT2D eigenvalue weighted by Gasteiger charge is -2.28. The number of nitrogens with two attached hydrogens (primary N) is 1. The summed E-state index contributed by atoms with van der Waals surface area (Å²) in [6.45, 7) is 3.28. The molecule has 0 amide bonds. The van der Waals surface area contributed by atoms with Crippen molar-refractivity contribution in [1.29, 1.82) is 0 Å². The van der Waals surface area contributed by atoms with Gasteiger partial charge in [0.05, 0.1) is 19.9 Å². The highest BCUT2D eigenvalue weighted by Crippen LogP contribution is 2.31. The van der Waals surface area contributed by atoms with Crippen molar-refractivity contribution in [2.75, 3.05) is 33.0 Å². The van der Waals surface area contributed by atoms with Crippen molar-refractivity contribution in [3.8, 4) is 11.5 Å². The number of benzene rings is 2. The van der Waals surface area contributed by atoms with Crippen molar-refractivity contribution in [3.05, 3.63) is 53.1 Å². The summed E-state index contributed by atoms with van der Waals surface area (Å²) >= 11 is 0. The van der Waals surface area contributed by atoms with Crippen LogP contribution < -0.4 is 15.2 Å². The van der Waals surface area contributed by atoms with Crippen LogP contribution in [0.5, 0.6) is 11.5 Å². The van der Waals surface area contributed by atoms with Crippen LogP contribution in [0.25, 0.3) is 0 Å². The average Bonchev–Trinajstić information content (AvgIpc) is 2.62. The molecule has 0 fully saturated rings. The molecule has 0 aliphatic carbocycles. The van der Waals surface area contributed by atoms with Crippen molar-refractivity contribution in [2.24, 2.45) is 0 Å². The van der Waals surface area contributed by atoms with Crippen LogP contribution in [-0.4, -0.2) is 32.2 Å². The third-order valence-corrected chi connectivity index (χ3v) is 4.76. The largest absolute Gasteiger partial charge is 0.496 e. The van der Waals surface area contributed by atoms with E-state index in [-0.39, 0.29) is 0 Å². The number of rotatable bonds is 6. The molecule has 1 aliphatic rings. The minimum absolute atomic E-state index is 0.667. The molecule has 3 rings (SSSR count). The number of nitrogens with zero attached hydrogens (tertiary/aromatic N) is 1. The first kappa shape index (κ1) is 16.7. The summed E-state index contributed by atoms with van der Waals surface area (Å²) in [6, 6.07) is 12.6. The molecule has 0 aromatic heterocycles. The number of aryl methyl sites for hydroxylation is 1. The fourth-order valence-corrected chi connectivity index (χ4v) is 3.43. The van der Waals surface area contributed by atoms with Crippen molar-refractivity contribution in [3.63, 3.8) is 0 Å². The first-order valence-electron chi connectivity index (χ1n) is 8.50. The molecule has 4 heteroatoms. The number of ether oxygens (including phenoxy) is 2. The van der Waals surface area contributed by atoms with E-state index in [1.165, 1.54) is 11.1 Å². The molecule has 0 bridgehead atoms. The zero-order valence-corrected chi connectivity index (χ0v) is 14.5. The van der Waals surface area contributed by atoms with Gasteiger partial charge in [-0.25, -0.2) is 0 Å². The average molecular weight is 326 g/mol. The number of anilines is 1. The Morgan fingerprint density at radius 3 is 2.54 bits per heavy atom. The highest BCUT2D eigenvalue weighted by atomic mass is 16.5. The predicted molar refractivity (Wildman–Crippen MR) is 97.7 cm³/mol. The van der Waals surface area contributed by atoms with E-state index >= 15 is 0 Å². The Hall–Kier alpha value is -2.20. The van der Waals surface area contributed by atoms with Crippen molar-refractivity contribution in [2.45, 2.75) is 25.8 Å². The fourth-order valence-electron chi connectivity index (χ4n) is 3.43. The molecule has 2 N–H and O–H groups in total. The lowest BCUT2D eigenvalue weighted by molar-refractivity contribution is 0.251. The molecule has 128 valence electrons. The van der Waals surface area contributed by atoms with Gasteiger partial charge in [-0.05, 0) is 48.6 Å². The molecule has 0 unspecified atom stereocenters. The van der Waals surface area contributed by atoms with Gasteiger partial charge in [0, 0.05) is 19.2 Å². The van der Waals surface area contributed by atoms with Gasteiger partial charge in [0.15, 0.2) is 0 Å². The molecule has 1 heterocycles. The molecule has 1 aliphatic heterocycles. The van der Waals surface area contributed by atoms with Gasteiger partial charge in [-0.3, -0.25) is 4.90 Å². The maximum absolute atomic E-state index is 6.03. The standard InChI is InChI=1S/C20H26N2O2/c1-23-19-13-20(24-2)18(21)12-16(19)8-5-10-22-11-9-15-6-3-4-7-17(15)14-22/h3-4,6-7,12-13H,5,8-11,14,21H2,1-2H3. The Bertz CT molecular complexity index is 700. The number of nitrogen functional groups attached to an aromatic ring is 1. The monoisotopic (exact) mass is 326 g/mol. The molecule has 4 nitrogen and oxygen atoms in total. The maximum atomic E-state index is 6.03. The molecular formula is C20H26N2O2. The maximum Gasteiger partial charge on any atom is 0.145 e. The van der Waals surface area contributed by atoms with E-state index in [4.69, 9.17) is 15.2 Å². The van der Waals surface area contributed by atoms with Crippen LogP contribution in [0.2, 0.25) is 0 Å². The Balaban J connectivity index is 1.58. The van der Waals surface area contributed by atoms with E-state index in [1.807, 2.05) is 12.1 Å². The second-order valence-corrected chi connectivity index (χ2v) is 6.30. The second-order valence-electron chi connectivity index (χ2n) is 6.30. The summed E-state index contributed by atoms with van der Waals surface area (Å²) in [6.07, 6.45) is 3.19. The molecule has 2 aromatic carbocycles. The van der Waals surface area contributed by atoms with Gasteiger partial charge in [-0.15, -0.1) is 0 Å². The minimum atomic E-state index is 0.667. The molecule has 24 heavy (non-hydrogen) atoms. The van der Waals surface area contributed by atoms with Crippen LogP contribution >= 0.6 is 0 Å². The van der Waals surface area contributed by atoms with Crippen LogP contribution in [0.4, 0.5) is 5.69 Å². The molecule has 0 saturated carbocycles. The summed E-state index contributed by atoms with van der Waals surface area (Å²) in [4.78, 5) is 2.53. The number of methoxy groups -OCH3 is 2. The third-order valence-electron chi connectivity index (χ3n) is 4.76. The van der Waals surface area contributed by atoms with Crippen molar-refractivity contribution < 1.29 is 9.47 Å². The quantitative estimate of drug-likeness (QED) is 0.828. The van der Waals surface area contributed by atoms with Crippen LogP contribution in [-0.2, 0) is 19.4 Å². The van der Waals surface area contributed by atoms with Crippen LogP contribution in [0, 0.1) is 0 Å². The molecular weight excluding hydrogens is 300 g/mol. The molecule has 0 saturated heterocycles. The van der Waals surface area contributed by atoms with Gasteiger partial charge in [0.2, 0.25) is 0 Å². The molecule has 0 atom stereocenters. The first-order chi connectivity index (χ1) is 11.7. The van der Waals surface area contributed by atoms with Gasteiger partial charge in [-0.1, -0.05) is 24.3 Å². The zero-order chi connectivity index (χ0) is 16.9. The topological polar surface area (TPSA) is 47.7 Å². The van der Waals surface area contributed by atoms with Gasteiger partial charge >= 0.3 is 0 Å². The normalized spacial score (nSPS) is 14.2. The molecule has 2 aromatic rings. The van der Waals surface area contributed by atoms with E-state index in [2.05, 4.69) is 29.2 Å². The third kappa shape index (κ3) is 3.65. The van der Waals surface area contributed by atoms with E-state index < -0.39 is 0 Å². The Kier molecular flexibility index (Phi) is 5.26. The van der Waals surface area contributed by atoms with Crippen molar-refractivity contribution in [1.82, 2.24) is 4.90 Å². The van der Waals surface area contributed by atoms with Gasteiger partial charge < -0.3 is 15.2 Å². The number of hydrogen-bond acceptors (Lipinski definition) is 4. The highest BCUT2D eigenvalue weighted by Gasteiger charge is 2.15. The molecule has 0 radical (unpaired) electrons. The zero-order valence-electron chi connectivity index (χ0n) is 14.5. The smallest absolute Gasteiger partial charge is 0.145 e. The van der Waals surface area contributed by atoms with E-state index in [0.29, 0.717) is 11.4 Å². The summed E-state index contributed by atoms with van der Waals surface area (Å²) < 4.78 is 10.7. The second kappa shape index (κ2) is 7.58. The predicted octanol–water partition coefficient (Wildman–Crippen LogP) is 3.28. The molecule has 0 spiro atoms.